The van der Waals surface area contributed by atoms with Crippen LogP contribution in [0.4, 0.5) is 11.4 Å². The van der Waals surface area contributed by atoms with Crippen molar-refractivity contribution in [3.05, 3.63) is 42.5 Å². The van der Waals surface area contributed by atoms with E-state index in [1.54, 1.807) is 61.4 Å². The molecule has 0 radical (unpaired) electrons. The van der Waals surface area contributed by atoms with E-state index in [0.717, 1.165) is 19.3 Å². The second kappa shape index (κ2) is 11.8. The maximum Gasteiger partial charge on any atom is 0.247 e. The molecule has 0 unspecified atom stereocenters. The van der Waals surface area contributed by atoms with Gasteiger partial charge in [-0.2, -0.15) is 0 Å². The van der Waals surface area contributed by atoms with Gasteiger partial charge in [-0.1, -0.05) is 26.7 Å². The van der Waals surface area contributed by atoms with Gasteiger partial charge in [0.05, 0.1) is 14.2 Å². The zero-order valence-electron chi connectivity index (χ0n) is 18.8. The van der Waals surface area contributed by atoms with Gasteiger partial charge in [0.25, 0.3) is 0 Å². The Morgan fingerprint density at radius 1 is 0.839 bits per heavy atom. The molecule has 7 heteroatoms. The smallest absolute Gasteiger partial charge is 0.247 e. The van der Waals surface area contributed by atoms with E-state index in [1.807, 2.05) is 0 Å². The highest BCUT2D eigenvalue weighted by molar-refractivity contribution is 6.03. The number of methoxy groups -OCH3 is 2. The summed E-state index contributed by atoms with van der Waals surface area (Å²) in [5.41, 5.74) is 1.26. The molecule has 2 amide bonds. The summed E-state index contributed by atoms with van der Waals surface area (Å²) in [7, 11) is 3.07. The summed E-state index contributed by atoms with van der Waals surface area (Å²) < 4.78 is 10.6. The maximum absolute atomic E-state index is 13.3. The third-order valence-electron chi connectivity index (χ3n) is 5.02. The van der Waals surface area contributed by atoms with Crippen molar-refractivity contribution in [3.63, 3.8) is 0 Å². The molecule has 0 atom stereocenters. The number of rotatable bonds is 11. The molecule has 2 aromatic rings. The molecule has 1 N–H and O–H groups in total. The number of ether oxygens (including phenoxy) is 2. The SMILES string of the molecule is CCCCCN(C(=O)CN(C(=O)CC)c1ccc(OC)c(OC)c1)c1ccc(O)cc1. The van der Waals surface area contributed by atoms with Crippen LogP contribution in [0.5, 0.6) is 17.2 Å². The van der Waals surface area contributed by atoms with Gasteiger partial charge in [-0.25, -0.2) is 0 Å². The lowest BCUT2D eigenvalue weighted by Gasteiger charge is -2.28. The Bertz CT molecular complexity index is 867. The normalized spacial score (nSPS) is 10.5. The van der Waals surface area contributed by atoms with Crippen LogP contribution in [0.2, 0.25) is 0 Å². The molecule has 0 heterocycles. The molecule has 0 aliphatic heterocycles. The number of phenols is 1. The topological polar surface area (TPSA) is 79.3 Å². The van der Waals surface area contributed by atoms with Gasteiger partial charge in [-0.05, 0) is 42.8 Å². The number of nitrogens with zero attached hydrogens (tertiary/aromatic N) is 2. The Morgan fingerprint density at radius 3 is 2.06 bits per heavy atom. The number of aromatic hydroxyl groups is 1. The van der Waals surface area contributed by atoms with Gasteiger partial charge >= 0.3 is 0 Å². The van der Waals surface area contributed by atoms with Crippen LogP contribution < -0.4 is 19.3 Å². The highest BCUT2D eigenvalue weighted by Gasteiger charge is 2.23. The molecule has 0 fully saturated rings. The van der Waals surface area contributed by atoms with Crippen LogP contribution in [0.1, 0.15) is 39.5 Å². The first-order chi connectivity index (χ1) is 14.9. The zero-order valence-corrected chi connectivity index (χ0v) is 18.8. The molecule has 0 saturated carbocycles. The molecule has 7 nitrogen and oxygen atoms in total. The fraction of sp³-hybridized carbons (Fsp3) is 0.417. The van der Waals surface area contributed by atoms with E-state index < -0.39 is 0 Å². The van der Waals surface area contributed by atoms with Crippen LogP contribution >= 0.6 is 0 Å². The van der Waals surface area contributed by atoms with Gasteiger partial charge in [0.2, 0.25) is 11.8 Å². The van der Waals surface area contributed by atoms with Gasteiger partial charge in [-0.3, -0.25) is 9.59 Å². The molecule has 0 bridgehead atoms. The summed E-state index contributed by atoms with van der Waals surface area (Å²) in [4.78, 5) is 29.2. The highest BCUT2D eigenvalue weighted by Crippen LogP contribution is 2.32. The number of carbonyl (C=O) groups is 2. The van der Waals surface area contributed by atoms with E-state index in [2.05, 4.69) is 6.92 Å². The van der Waals surface area contributed by atoms with Crippen molar-refractivity contribution in [2.24, 2.45) is 0 Å². The Morgan fingerprint density at radius 2 is 1.48 bits per heavy atom. The van der Waals surface area contributed by atoms with Crippen molar-refractivity contribution in [2.45, 2.75) is 39.5 Å². The third-order valence-corrected chi connectivity index (χ3v) is 5.02. The van der Waals surface area contributed by atoms with E-state index in [9.17, 15) is 14.7 Å². The van der Waals surface area contributed by atoms with E-state index in [0.29, 0.717) is 29.4 Å². The molecule has 31 heavy (non-hydrogen) atoms. The molecule has 2 aromatic carbocycles. The van der Waals surface area contributed by atoms with Crippen molar-refractivity contribution < 1.29 is 24.2 Å². The first-order valence-corrected chi connectivity index (χ1v) is 10.6. The number of amides is 2. The number of carbonyl (C=O) groups excluding carboxylic acids is 2. The van der Waals surface area contributed by atoms with Crippen molar-refractivity contribution in [1.82, 2.24) is 0 Å². The quantitative estimate of drug-likeness (QED) is 0.538. The van der Waals surface area contributed by atoms with Crippen molar-refractivity contribution in [2.75, 3.05) is 37.1 Å². The lowest BCUT2D eigenvalue weighted by Crippen LogP contribution is -2.43. The number of benzene rings is 2. The minimum atomic E-state index is -0.196. The number of hydrogen-bond donors (Lipinski definition) is 1. The number of phenolic OH excluding ortho intramolecular Hbond substituents is 1. The molecule has 2 rings (SSSR count). The van der Waals surface area contributed by atoms with Crippen LogP contribution in [0.25, 0.3) is 0 Å². The van der Waals surface area contributed by atoms with E-state index in [-0.39, 0.29) is 30.5 Å². The standard InChI is InChI=1S/C24H32N2O5/c1-5-7-8-15-25(18-9-12-20(27)13-10-18)24(29)17-26(23(28)6-2)19-11-14-21(30-3)22(16-19)31-4/h9-14,16,27H,5-8,15,17H2,1-4H3. The second-order valence-corrected chi connectivity index (χ2v) is 7.14. The fourth-order valence-electron chi connectivity index (χ4n) is 3.28. The molecule has 0 aliphatic carbocycles. The summed E-state index contributed by atoms with van der Waals surface area (Å²) in [6.45, 7) is 4.30. The van der Waals surface area contributed by atoms with Gasteiger partial charge in [-0.15, -0.1) is 0 Å². The predicted molar refractivity (Wildman–Crippen MR) is 122 cm³/mol. The predicted octanol–water partition coefficient (Wildman–Crippen LogP) is 4.38. The summed E-state index contributed by atoms with van der Waals surface area (Å²) in [5, 5.41) is 9.60. The summed E-state index contributed by atoms with van der Waals surface area (Å²) in [5.74, 6) is 0.808. The van der Waals surface area contributed by atoms with Gasteiger partial charge in [0.15, 0.2) is 11.5 Å². The van der Waals surface area contributed by atoms with Crippen molar-refractivity contribution in [3.8, 4) is 17.2 Å². The van der Waals surface area contributed by atoms with E-state index in [1.165, 1.54) is 12.0 Å². The number of hydrogen-bond acceptors (Lipinski definition) is 5. The lowest BCUT2D eigenvalue weighted by molar-refractivity contribution is -0.122. The van der Waals surface area contributed by atoms with Crippen LogP contribution in [0.15, 0.2) is 42.5 Å². The van der Waals surface area contributed by atoms with Crippen LogP contribution in [0.3, 0.4) is 0 Å². The Kier molecular flexibility index (Phi) is 9.18. The molecule has 0 spiro atoms. The lowest BCUT2D eigenvalue weighted by atomic mass is 10.2. The minimum Gasteiger partial charge on any atom is -0.508 e. The number of unbranched alkanes of at least 4 members (excludes halogenated alkanes) is 2. The van der Waals surface area contributed by atoms with Gasteiger partial charge in [0, 0.05) is 30.4 Å². The van der Waals surface area contributed by atoms with Gasteiger partial charge in [0.1, 0.15) is 12.3 Å². The average Bonchev–Trinajstić information content (AvgIpc) is 2.80. The largest absolute Gasteiger partial charge is 0.508 e. The fourth-order valence-corrected chi connectivity index (χ4v) is 3.28. The minimum absolute atomic E-state index is 0.102. The van der Waals surface area contributed by atoms with Crippen molar-refractivity contribution >= 4 is 23.2 Å². The molecule has 168 valence electrons. The average molecular weight is 429 g/mol. The molecular formula is C24H32N2O5. The third kappa shape index (κ3) is 6.38. The molecular weight excluding hydrogens is 396 g/mol. The van der Waals surface area contributed by atoms with E-state index >= 15 is 0 Å². The van der Waals surface area contributed by atoms with Crippen LogP contribution in [0, 0.1) is 0 Å². The Labute approximate surface area is 184 Å². The molecule has 0 aliphatic rings. The van der Waals surface area contributed by atoms with Crippen LogP contribution in [-0.2, 0) is 9.59 Å². The second-order valence-electron chi connectivity index (χ2n) is 7.14. The van der Waals surface area contributed by atoms with Gasteiger partial charge < -0.3 is 24.4 Å². The first-order valence-electron chi connectivity index (χ1n) is 10.6. The first kappa shape index (κ1) is 24.1. The number of anilines is 2. The Balaban J connectivity index is 2.33. The summed E-state index contributed by atoms with van der Waals surface area (Å²) in [6, 6.07) is 11.7. The van der Waals surface area contributed by atoms with E-state index in [4.69, 9.17) is 9.47 Å². The maximum atomic E-state index is 13.3. The molecule has 0 aromatic heterocycles. The summed E-state index contributed by atoms with van der Waals surface area (Å²) >= 11 is 0. The zero-order chi connectivity index (χ0) is 22.8. The highest BCUT2D eigenvalue weighted by atomic mass is 16.5. The van der Waals surface area contributed by atoms with Crippen molar-refractivity contribution in [1.29, 1.82) is 0 Å². The summed E-state index contributed by atoms with van der Waals surface area (Å²) in [6.07, 6.45) is 3.14. The molecule has 0 saturated heterocycles. The monoisotopic (exact) mass is 428 g/mol. The van der Waals surface area contributed by atoms with Crippen LogP contribution in [-0.4, -0.2) is 44.2 Å². The Hall–Kier alpha value is -3.22.